The van der Waals surface area contributed by atoms with Crippen LogP contribution in [0.1, 0.15) is 58.6 Å². The first-order valence-corrected chi connectivity index (χ1v) is 11.3. The van der Waals surface area contributed by atoms with Gasteiger partial charge in [0.05, 0.1) is 16.2 Å². The van der Waals surface area contributed by atoms with E-state index in [1.807, 2.05) is 63.2 Å². The summed E-state index contributed by atoms with van der Waals surface area (Å²) in [5.41, 5.74) is 2.52. The summed E-state index contributed by atoms with van der Waals surface area (Å²) in [5, 5.41) is 3.82. The number of nitrogens with one attached hydrogen (secondary N) is 1. The van der Waals surface area contributed by atoms with Crippen molar-refractivity contribution in [2.75, 3.05) is 5.32 Å². The van der Waals surface area contributed by atoms with E-state index in [0.29, 0.717) is 22.0 Å². The molecule has 1 heterocycles. The molecule has 0 fully saturated rings. The quantitative estimate of drug-likeness (QED) is 0.396. The first-order chi connectivity index (χ1) is 14.3. The molecule has 0 aliphatic rings. The highest BCUT2D eigenvalue weighted by Gasteiger charge is 2.22. The van der Waals surface area contributed by atoms with Crippen LogP contribution < -0.4 is 10.9 Å². The van der Waals surface area contributed by atoms with E-state index in [1.165, 1.54) is 11.8 Å². The summed E-state index contributed by atoms with van der Waals surface area (Å²) >= 11 is 1.32. The summed E-state index contributed by atoms with van der Waals surface area (Å²) in [6, 6.07) is 15.2. The second kappa shape index (κ2) is 9.47. The number of aromatic nitrogens is 2. The number of hydrogen-bond acceptors (Lipinski definition) is 4. The number of benzene rings is 2. The van der Waals surface area contributed by atoms with Crippen molar-refractivity contribution in [3.8, 4) is 0 Å². The summed E-state index contributed by atoms with van der Waals surface area (Å²) in [6.45, 7) is 10.1. The normalized spacial score (nSPS) is 13.4. The number of para-hydroxylation sites is 2. The van der Waals surface area contributed by atoms with Crippen molar-refractivity contribution in [1.82, 2.24) is 9.55 Å². The molecule has 0 radical (unpaired) electrons. The first kappa shape index (κ1) is 22.1. The lowest BCUT2D eigenvalue weighted by atomic mass is 10.0. The van der Waals surface area contributed by atoms with Crippen LogP contribution in [0.15, 0.2) is 58.5 Å². The number of anilines is 1. The summed E-state index contributed by atoms with van der Waals surface area (Å²) < 4.78 is 1.72. The van der Waals surface area contributed by atoms with E-state index in [0.717, 1.165) is 17.7 Å². The Balaban J connectivity index is 1.92. The summed E-state index contributed by atoms with van der Waals surface area (Å²) in [5.74, 6) is 0.202. The van der Waals surface area contributed by atoms with Crippen LogP contribution in [0, 0.1) is 0 Å². The number of thioether (sulfide) groups is 1. The van der Waals surface area contributed by atoms with Gasteiger partial charge in [-0.3, -0.25) is 14.2 Å². The molecular weight excluding hydrogens is 394 g/mol. The zero-order valence-corrected chi connectivity index (χ0v) is 19.0. The number of hydrogen-bond donors (Lipinski definition) is 1. The lowest BCUT2D eigenvalue weighted by Gasteiger charge is -2.20. The topological polar surface area (TPSA) is 64.0 Å². The van der Waals surface area contributed by atoms with Gasteiger partial charge >= 0.3 is 0 Å². The molecule has 1 amide bonds. The lowest BCUT2D eigenvalue weighted by molar-refractivity contribution is -0.115. The largest absolute Gasteiger partial charge is 0.325 e. The maximum Gasteiger partial charge on any atom is 0.262 e. The van der Waals surface area contributed by atoms with Crippen LogP contribution >= 0.6 is 11.8 Å². The average Bonchev–Trinajstić information content (AvgIpc) is 2.73. The summed E-state index contributed by atoms with van der Waals surface area (Å²) in [6.07, 6.45) is 0.801. The van der Waals surface area contributed by atoms with Gasteiger partial charge in [-0.15, -0.1) is 0 Å². The second-order valence-corrected chi connectivity index (χ2v) is 9.14. The Morgan fingerprint density at radius 3 is 2.43 bits per heavy atom. The molecule has 1 aromatic heterocycles. The molecule has 0 bridgehead atoms. The molecule has 3 aromatic rings. The van der Waals surface area contributed by atoms with Gasteiger partial charge in [0.1, 0.15) is 0 Å². The van der Waals surface area contributed by atoms with Crippen LogP contribution in [-0.4, -0.2) is 20.7 Å². The van der Waals surface area contributed by atoms with E-state index in [-0.39, 0.29) is 17.5 Å². The average molecular weight is 424 g/mol. The number of fused-ring (bicyclic) bond motifs is 1. The van der Waals surface area contributed by atoms with Gasteiger partial charge in [0.25, 0.3) is 5.56 Å². The third-order valence-electron chi connectivity index (χ3n) is 5.30. The Bertz CT molecular complexity index is 1110. The molecule has 0 aliphatic heterocycles. The predicted octanol–water partition coefficient (Wildman–Crippen LogP) is 5.61. The van der Waals surface area contributed by atoms with E-state index in [4.69, 9.17) is 4.98 Å². The molecule has 158 valence electrons. The molecule has 0 saturated carbocycles. The monoisotopic (exact) mass is 423 g/mol. The van der Waals surface area contributed by atoms with E-state index in [1.54, 1.807) is 10.6 Å². The maximum atomic E-state index is 13.1. The van der Waals surface area contributed by atoms with Crippen molar-refractivity contribution in [1.29, 1.82) is 0 Å². The highest BCUT2D eigenvalue weighted by Crippen LogP contribution is 2.28. The number of amides is 1. The second-order valence-electron chi connectivity index (χ2n) is 7.84. The van der Waals surface area contributed by atoms with E-state index in [2.05, 4.69) is 19.2 Å². The van der Waals surface area contributed by atoms with Gasteiger partial charge in [-0.05, 0) is 49.9 Å². The minimum atomic E-state index is -0.409. The van der Waals surface area contributed by atoms with Crippen molar-refractivity contribution in [3.05, 3.63) is 64.4 Å². The Labute approximate surface area is 181 Å². The zero-order valence-electron chi connectivity index (χ0n) is 18.2. The van der Waals surface area contributed by atoms with Gasteiger partial charge in [0, 0.05) is 11.7 Å². The number of nitrogens with zero attached hydrogens (tertiary/aromatic N) is 2. The van der Waals surface area contributed by atoms with Crippen LogP contribution in [0.25, 0.3) is 10.9 Å². The van der Waals surface area contributed by atoms with Gasteiger partial charge in [-0.1, -0.05) is 62.9 Å². The van der Waals surface area contributed by atoms with Crippen LogP contribution in [0.2, 0.25) is 0 Å². The standard InChI is InChI=1S/C24H29N3O2S/c1-6-16(4)27-23(29)19-12-8-10-14-21(19)26-24(27)30-17(5)22(28)25-20-13-9-7-11-18(20)15(2)3/h7-17H,6H2,1-5H3,(H,25,28)/t16-,17+/m1/s1. The molecule has 2 atom stereocenters. The Kier molecular flexibility index (Phi) is 6.98. The molecule has 0 unspecified atom stereocenters. The predicted molar refractivity (Wildman–Crippen MR) is 125 cm³/mol. The van der Waals surface area contributed by atoms with E-state index < -0.39 is 5.25 Å². The van der Waals surface area contributed by atoms with Crippen LogP contribution in [-0.2, 0) is 4.79 Å². The Morgan fingerprint density at radius 2 is 1.73 bits per heavy atom. The number of carbonyl (C=O) groups excluding carboxylic acids is 1. The van der Waals surface area contributed by atoms with Crippen molar-refractivity contribution in [3.63, 3.8) is 0 Å². The third kappa shape index (κ3) is 4.59. The molecule has 6 heteroatoms. The fraction of sp³-hybridized carbons (Fsp3) is 0.375. The molecular formula is C24H29N3O2S. The molecule has 30 heavy (non-hydrogen) atoms. The van der Waals surface area contributed by atoms with Crippen molar-refractivity contribution >= 4 is 34.3 Å². The van der Waals surface area contributed by atoms with E-state index >= 15 is 0 Å². The highest BCUT2D eigenvalue weighted by molar-refractivity contribution is 8.00. The minimum Gasteiger partial charge on any atom is -0.325 e. The minimum absolute atomic E-state index is 0.00552. The van der Waals surface area contributed by atoms with Gasteiger partial charge in [-0.25, -0.2) is 4.98 Å². The first-order valence-electron chi connectivity index (χ1n) is 10.4. The van der Waals surface area contributed by atoms with E-state index in [9.17, 15) is 9.59 Å². The fourth-order valence-electron chi connectivity index (χ4n) is 3.34. The molecule has 0 saturated heterocycles. The Morgan fingerprint density at radius 1 is 1.07 bits per heavy atom. The van der Waals surface area contributed by atoms with Gasteiger partial charge in [-0.2, -0.15) is 0 Å². The van der Waals surface area contributed by atoms with Gasteiger partial charge < -0.3 is 5.32 Å². The SMILES string of the molecule is CC[C@@H](C)n1c(S[C@@H](C)C(=O)Nc2ccccc2C(C)C)nc2ccccc2c1=O. The summed E-state index contributed by atoms with van der Waals surface area (Å²) in [4.78, 5) is 30.8. The molecule has 3 rings (SSSR count). The molecule has 2 aromatic carbocycles. The molecule has 5 nitrogen and oxygen atoms in total. The molecule has 0 spiro atoms. The fourth-order valence-corrected chi connectivity index (χ4v) is 4.35. The highest BCUT2D eigenvalue weighted by atomic mass is 32.2. The number of rotatable bonds is 7. The lowest BCUT2D eigenvalue weighted by Crippen LogP contribution is -2.28. The third-order valence-corrected chi connectivity index (χ3v) is 6.37. The smallest absolute Gasteiger partial charge is 0.262 e. The maximum absolute atomic E-state index is 13.1. The summed E-state index contributed by atoms with van der Waals surface area (Å²) in [7, 11) is 0. The molecule has 0 aliphatic carbocycles. The van der Waals surface area contributed by atoms with Crippen LogP contribution in [0.3, 0.4) is 0 Å². The zero-order chi connectivity index (χ0) is 21.8. The van der Waals surface area contributed by atoms with Crippen molar-refractivity contribution < 1.29 is 4.79 Å². The van der Waals surface area contributed by atoms with Crippen molar-refractivity contribution in [2.24, 2.45) is 0 Å². The Hall–Kier alpha value is -2.60. The molecule has 1 N–H and O–H groups in total. The number of carbonyl (C=O) groups is 1. The van der Waals surface area contributed by atoms with Crippen molar-refractivity contribution in [2.45, 2.75) is 63.4 Å². The van der Waals surface area contributed by atoms with Crippen LogP contribution in [0.4, 0.5) is 5.69 Å². The van der Waals surface area contributed by atoms with Gasteiger partial charge in [0.15, 0.2) is 5.16 Å². The van der Waals surface area contributed by atoms with Gasteiger partial charge in [0.2, 0.25) is 5.91 Å². The van der Waals surface area contributed by atoms with Crippen LogP contribution in [0.5, 0.6) is 0 Å².